The Kier molecular flexibility index (Phi) is 3.26. The van der Waals surface area contributed by atoms with Crippen molar-refractivity contribution in [1.29, 1.82) is 0 Å². The molecule has 1 aromatic carbocycles. The number of hydrogen-bond donors (Lipinski definition) is 1. The molecule has 1 aromatic rings. The molecule has 0 heterocycles. The Balaban J connectivity index is 2.52. The SMILES string of the molecule is COCc1cc(OC)cc(OC)c1C1(O)CC1. The molecule has 2 rings (SSSR count). The lowest BCUT2D eigenvalue weighted by atomic mass is 9.99. The molecule has 0 atom stereocenters. The fraction of sp³-hybridized carbons (Fsp3) is 0.538. The Labute approximate surface area is 101 Å². The van der Waals surface area contributed by atoms with Gasteiger partial charge in [-0.05, 0) is 24.5 Å². The number of ether oxygens (including phenoxy) is 3. The minimum atomic E-state index is -0.745. The molecule has 0 unspecified atom stereocenters. The third-order valence-electron chi connectivity index (χ3n) is 3.10. The van der Waals surface area contributed by atoms with Crippen molar-refractivity contribution in [3.05, 3.63) is 23.3 Å². The molecule has 4 heteroatoms. The molecule has 0 saturated heterocycles. The predicted octanol–water partition coefficient (Wildman–Crippen LogP) is 1.83. The van der Waals surface area contributed by atoms with E-state index in [9.17, 15) is 5.11 Å². The van der Waals surface area contributed by atoms with E-state index in [0.29, 0.717) is 18.1 Å². The van der Waals surface area contributed by atoms with Gasteiger partial charge in [0.05, 0.1) is 26.4 Å². The lowest BCUT2D eigenvalue weighted by molar-refractivity contribution is 0.137. The molecule has 94 valence electrons. The molecule has 1 fully saturated rings. The van der Waals surface area contributed by atoms with Crippen LogP contribution in [-0.4, -0.2) is 26.4 Å². The molecule has 0 bridgehead atoms. The van der Waals surface area contributed by atoms with Gasteiger partial charge in [0.25, 0.3) is 0 Å². The van der Waals surface area contributed by atoms with Gasteiger partial charge in [-0.3, -0.25) is 0 Å². The molecule has 1 aliphatic carbocycles. The quantitative estimate of drug-likeness (QED) is 0.850. The van der Waals surface area contributed by atoms with E-state index in [1.165, 1.54) is 0 Å². The zero-order valence-electron chi connectivity index (χ0n) is 10.4. The van der Waals surface area contributed by atoms with E-state index >= 15 is 0 Å². The van der Waals surface area contributed by atoms with Gasteiger partial charge in [-0.15, -0.1) is 0 Å². The fourth-order valence-corrected chi connectivity index (χ4v) is 2.09. The van der Waals surface area contributed by atoms with Gasteiger partial charge in [0, 0.05) is 18.7 Å². The summed E-state index contributed by atoms with van der Waals surface area (Å²) in [4.78, 5) is 0. The van der Waals surface area contributed by atoms with Gasteiger partial charge in [-0.1, -0.05) is 0 Å². The summed E-state index contributed by atoms with van der Waals surface area (Å²) in [6.07, 6.45) is 1.54. The number of methoxy groups -OCH3 is 3. The van der Waals surface area contributed by atoms with Gasteiger partial charge in [0.15, 0.2) is 0 Å². The summed E-state index contributed by atoms with van der Waals surface area (Å²) in [7, 11) is 4.84. The zero-order chi connectivity index (χ0) is 12.5. The predicted molar refractivity (Wildman–Crippen MR) is 63.4 cm³/mol. The highest BCUT2D eigenvalue weighted by Crippen LogP contribution is 2.51. The largest absolute Gasteiger partial charge is 0.497 e. The summed E-state index contributed by atoms with van der Waals surface area (Å²) in [5.41, 5.74) is 1.01. The lowest BCUT2D eigenvalue weighted by Crippen LogP contribution is -2.11. The van der Waals surface area contributed by atoms with E-state index in [2.05, 4.69) is 0 Å². The van der Waals surface area contributed by atoms with Crippen LogP contribution in [-0.2, 0) is 16.9 Å². The molecule has 1 saturated carbocycles. The van der Waals surface area contributed by atoms with E-state index < -0.39 is 5.60 Å². The molecule has 0 spiro atoms. The Bertz CT molecular complexity index is 410. The van der Waals surface area contributed by atoms with Gasteiger partial charge in [0.1, 0.15) is 11.5 Å². The van der Waals surface area contributed by atoms with Crippen molar-refractivity contribution in [3.63, 3.8) is 0 Å². The molecule has 1 aliphatic rings. The molecule has 0 aromatic heterocycles. The Morgan fingerprint density at radius 1 is 1.18 bits per heavy atom. The Morgan fingerprint density at radius 2 is 1.88 bits per heavy atom. The monoisotopic (exact) mass is 238 g/mol. The number of aliphatic hydroxyl groups is 1. The average molecular weight is 238 g/mol. The number of rotatable bonds is 5. The first kappa shape index (κ1) is 12.2. The molecule has 17 heavy (non-hydrogen) atoms. The number of benzene rings is 1. The van der Waals surface area contributed by atoms with E-state index in [1.807, 2.05) is 6.07 Å². The minimum absolute atomic E-state index is 0.436. The highest BCUT2D eigenvalue weighted by molar-refractivity contribution is 5.51. The van der Waals surface area contributed by atoms with Crippen LogP contribution in [0, 0.1) is 0 Å². The summed E-state index contributed by atoms with van der Waals surface area (Å²) >= 11 is 0. The highest BCUT2D eigenvalue weighted by atomic mass is 16.5. The van der Waals surface area contributed by atoms with Gasteiger partial charge in [-0.25, -0.2) is 0 Å². The molecule has 0 amide bonds. The fourth-order valence-electron chi connectivity index (χ4n) is 2.09. The van der Waals surface area contributed by atoms with Crippen molar-refractivity contribution < 1.29 is 19.3 Å². The Morgan fingerprint density at radius 3 is 2.35 bits per heavy atom. The van der Waals surface area contributed by atoms with Gasteiger partial charge in [-0.2, -0.15) is 0 Å². The van der Waals surface area contributed by atoms with E-state index in [4.69, 9.17) is 14.2 Å². The smallest absolute Gasteiger partial charge is 0.129 e. The number of hydrogen-bond acceptors (Lipinski definition) is 4. The van der Waals surface area contributed by atoms with Crippen molar-refractivity contribution in [3.8, 4) is 11.5 Å². The standard InChI is InChI=1S/C13H18O4/c1-15-8-9-6-10(16-2)7-11(17-3)12(9)13(14)4-5-13/h6-7,14H,4-5,8H2,1-3H3. The zero-order valence-corrected chi connectivity index (χ0v) is 10.4. The molecular weight excluding hydrogens is 220 g/mol. The Hall–Kier alpha value is -1.26. The van der Waals surface area contributed by atoms with Crippen LogP contribution >= 0.6 is 0 Å². The van der Waals surface area contributed by atoms with Crippen LogP contribution in [0.2, 0.25) is 0 Å². The highest BCUT2D eigenvalue weighted by Gasteiger charge is 2.46. The van der Waals surface area contributed by atoms with Crippen molar-refractivity contribution in [2.75, 3.05) is 21.3 Å². The van der Waals surface area contributed by atoms with Crippen molar-refractivity contribution in [1.82, 2.24) is 0 Å². The van der Waals surface area contributed by atoms with Gasteiger partial charge >= 0.3 is 0 Å². The molecule has 0 aliphatic heterocycles. The second-order valence-corrected chi connectivity index (χ2v) is 4.33. The normalized spacial score (nSPS) is 16.7. The second kappa shape index (κ2) is 4.55. The lowest BCUT2D eigenvalue weighted by Gasteiger charge is -2.19. The van der Waals surface area contributed by atoms with Crippen LogP contribution in [0.3, 0.4) is 0 Å². The third kappa shape index (κ3) is 2.23. The summed E-state index contributed by atoms with van der Waals surface area (Å²) in [5, 5.41) is 10.3. The first-order valence-corrected chi connectivity index (χ1v) is 5.61. The van der Waals surface area contributed by atoms with E-state index in [-0.39, 0.29) is 0 Å². The van der Waals surface area contributed by atoms with Crippen LogP contribution in [0.15, 0.2) is 12.1 Å². The average Bonchev–Trinajstić information content (AvgIpc) is 3.07. The van der Waals surface area contributed by atoms with E-state index in [1.54, 1.807) is 27.4 Å². The summed E-state index contributed by atoms with van der Waals surface area (Å²) in [5.74, 6) is 1.37. The second-order valence-electron chi connectivity index (χ2n) is 4.33. The maximum absolute atomic E-state index is 10.3. The van der Waals surface area contributed by atoms with Crippen molar-refractivity contribution in [2.45, 2.75) is 25.0 Å². The first-order valence-electron chi connectivity index (χ1n) is 5.61. The maximum Gasteiger partial charge on any atom is 0.129 e. The topological polar surface area (TPSA) is 47.9 Å². The van der Waals surface area contributed by atoms with Crippen LogP contribution in [0.1, 0.15) is 24.0 Å². The van der Waals surface area contributed by atoms with E-state index in [0.717, 1.165) is 24.0 Å². The van der Waals surface area contributed by atoms with Crippen LogP contribution in [0.4, 0.5) is 0 Å². The van der Waals surface area contributed by atoms with Crippen LogP contribution < -0.4 is 9.47 Å². The van der Waals surface area contributed by atoms with Crippen molar-refractivity contribution >= 4 is 0 Å². The molecular formula is C13H18O4. The molecule has 1 N–H and O–H groups in total. The molecule has 4 nitrogen and oxygen atoms in total. The maximum atomic E-state index is 10.3. The summed E-state index contributed by atoms with van der Waals surface area (Å²) in [6, 6.07) is 3.68. The van der Waals surface area contributed by atoms with Crippen LogP contribution in [0.25, 0.3) is 0 Å². The summed E-state index contributed by atoms with van der Waals surface area (Å²) in [6.45, 7) is 0.436. The van der Waals surface area contributed by atoms with Crippen molar-refractivity contribution in [2.24, 2.45) is 0 Å². The van der Waals surface area contributed by atoms with Crippen LogP contribution in [0.5, 0.6) is 11.5 Å². The minimum Gasteiger partial charge on any atom is -0.497 e. The van der Waals surface area contributed by atoms with Gasteiger partial charge < -0.3 is 19.3 Å². The third-order valence-corrected chi connectivity index (χ3v) is 3.10. The summed E-state index contributed by atoms with van der Waals surface area (Å²) < 4.78 is 15.7. The van der Waals surface area contributed by atoms with Gasteiger partial charge in [0.2, 0.25) is 0 Å². The first-order chi connectivity index (χ1) is 8.14. The molecule has 0 radical (unpaired) electrons.